The van der Waals surface area contributed by atoms with E-state index in [1.807, 2.05) is 37.3 Å². The fourth-order valence-electron chi connectivity index (χ4n) is 3.35. The number of para-hydroxylation sites is 1. The summed E-state index contributed by atoms with van der Waals surface area (Å²) in [5, 5.41) is 3.08. The number of rotatable bonds is 10. The van der Waals surface area contributed by atoms with E-state index in [-0.39, 0.29) is 30.6 Å². The van der Waals surface area contributed by atoms with Gasteiger partial charge in [0.1, 0.15) is 23.8 Å². The van der Waals surface area contributed by atoms with Gasteiger partial charge in [0.2, 0.25) is 0 Å². The number of anilines is 1. The zero-order valence-corrected chi connectivity index (χ0v) is 20.1. The van der Waals surface area contributed by atoms with Gasteiger partial charge in [0.25, 0.3) is 0 Å². The Morgan fingerprint density at radius 2 is 2.03 bits per heavy atom. The quantitative estimate of drug-likeness (QED) is 0.391. The molecule has 1 aliphatic rings. The van der Waals surface area contributed by atoms with Crippen molar-refractivity contribution in [1.82, 2.24) is 14.6 Å². The van der Waals surface area contributed by atoms with Crippen molar-refractivity contribution in [3.8, 4) is 5.75 Å². The highest BCUT2D eigenvalue weighted by molar-refractivity contribution is 7.45. The molecule has 5 atom stereocenters. The molecule has 0 amide bonds. The van der Waals surface area contributed by atoms with Crippen LogP contribution in [0.3, 0.4) is 0 Å². The predicted molar refractivity (Wildman–Crippen MR) is 124 cm³/mol. The molecule has 1 aromatic heterocycles. The lowest BCUT2D eigenvalue weighted by Gasteiger charge is -2.23. The Bertz CT molecular complexity index is 973. The molecule has 1 fully saturated rings. The van der Waals surface area contributed by atoms with Crippen molar-refractivity contribution < 1.29 is 23.3 Å². The molecule has 0 saturated carbocycles. The van der Waals surface area contributed by atoms with Crippen molar-refractivity contribution in [1.29, 1.82) is 0 Å². The number of hydrogen-bond acceptors (Lipinski definition) is 9. The number of benzene rings is 1. The van der Waals surface area contributed by atoms with Gasteiger partial charge in [0.05, 0.1) is 18.8 Å². The number of nitrogen functional groups attached to an aromatic ring is 1. The van der Waals surface area contributed by atoms with Gasteiger partial charge in [-0.2, -0.15) is 4.98 Å². The summed E-state index contributed by atoms with van der Waals surface area (Å²) in [6.45, 7) is 7.50. The molecular weight excluding hydrogens is 447 g/mol. The molecule has 33 heavy (non-hydrogen) atoms. The molecule has 1 aromatic carbocycles. The Labute approximate surface area is 194 Å². The number of carbonyl (C=O) groups excluding carboxylic acids is 1. The zero-order valence-electron chi connectivity index (χ0n) is 19.2. The predicted octanol–water partition coefficient (Wildman–Crippen LogP) is 3.00. The van der Waals surface area contributed by atoms with Gasteiger partial charge in [-0.15, -0.1) is 0 Å². The Morgan fingerprint density at radius 1 is 1.30 bits per heavy atom. The van der Waals surface area contributed by atoms with Crippen LogP contribution >= 0.6 is 8.53 Å². The van der Waals surface area contributed by atoms with E-state index in [9.17, 15) is 9.59 Å². The summed E-state index contributed by atoms with van der Waals surface area (Å²) in [6.07, 6.45) is 1.32. The van der Waals surface area contributed by atoms with E-state index in [1.54, 1.807) is 33.0 Å². The first-order valence-electron chi connectivity index (χ1n) is 10.9. The van der Waals surface area contributed by atoms with Gasteiger partial charge in [-0.1, -0.05) is 25.1 Å². The molecule has 180 valence electrons. The fourth-order valence-corrected chi connectivity index (χ4v) is 4.56. The van der Waals surface area contributed by atoms with Crippen molar-refractivity contribution in [3.05, 3.63) is 53.1 Å². The number of esters is 1. The number of nitrogens with two attached hydrogens (primary N) is 1. The lowest BCUT2D eigenvalue weighted by Crippen LogP contribution is -2.35. The molecule has 3 rings (SSSR count). The third-order valence-electron chi connectivity index (χ3n) is 4.89. The highest BCUT2D eigenvalue weighted by Gasteiger charge is 2.35. The highest BCUT2D eigenvalue weighted by atomic mass is 31.2. The standard InChI is InChI=1S/C22H31N4O6P/c1-14(2)30-21(27)16(4)25-33(32-17-8-6-5-7-9-17)29-13-18-12-15(3)20(31-18)26-11-10-19(23)24-22(26)28/h5-11,14-16,18,20,25H,12-13H2,1-4H3,(H2,23,24,28)/t15?,16?,18?,20?,33-/m0/s1. The van der Waals surface area contributed by atoms with E-state index in [1.165, 1.54) is 4.57 Å². The third kappa shape index (κ3) is 7.23. The molecule has 2 heterocycles. The van der Waals surface area contributed by atoms with E-state index >= 15 is 0 Å². The van der Waals surface area contributed by atoms with Crippen molar-refractivity contribution in [2.75, 3.05) is 12.3 Å². The van der Waals surface area contributed by atoms with E-state index in [0.717, 1.165) is 0 Å². The maximum Gasteiger partial charge on any atom is 0.351 e. The van der Waals surface area contributed by atoms with Crippen LogP contribution in [0.5, 0.6) is 5.75 Å². The van der Waals surface area contributed by atoms with Crippen molar-refractivity contribution in [2.45, 2.75) is 58.6 Å². The summed E-state index contributed by atoms with van der Waals surface area (Å²) in [7, 11) is -1.67. The smallest absolute Gasteiger partial charge is 0.351 e. The maximum atomic E-state index is 12.2. The average molecular weight is 478 g/mol. The van der Waals surface area contributed by atoms with Gasteiger partial charge in [0.15, 0.2) is 0 Å². The summed E-state index contributed by atoms with van der Waals surface area (Å²) >= 11 is 0. The first-order valence-corrected chi connectivity index (χ1v) is 12.0. The second-order valence-electron chi connectivity index (χ2n) is 8.20. The third-order valence-corrected chi connectivity index (χ3v) is 6.25. The van der Waals surface area contributed by atoms with Crippen molar-refractivity contribution in [3.63, 3.8) is 0 Å². The summed E-state index contributed by atoms with van der Waals surface area (Å²) in [5.41, 5.74) is 5.13. The lowest BCUT2D eigenvalue weighted by atomic mass is 10.1. The number of ether oxygens (including phenoxy) is 2. The topological polar surface area (TPSA) is 127 Å². The summed E-state index contributed by atoms with van der Waals surface area (Å²) in [5.74, 6) is 0.454. The SMILES string of the molecule is CC(C)OC(=O)C(C)N[P@@](OCC1CC(C)C(n2ccc(N)nc2=O)O1)Oc1ccccc1. The molecule has 11 heteroatoms. The molecule has 0 aliphatic carbocycles. The Kier molecular flexibility index (Phi) is 8.80. The highest BCUT2D eigenvalue weighted by Crippen LogP contribution is 2.39. The van der Waals surface area contributed by atoms with Gasteiger partial charge in [-0.05, 0) is 45.4 Å². The summed E-state index contributed by atoms with van der Waals surface area (Å²) in [4.78, 5) is 28.2. The molecule has 1 saturated heterocycles. The number of nitrogens with one attached hydrogen (secondary N) is 1. The number of aromatic nitrogens is 2. The van der Waals surface area contributed by atoms with Gasteiger partial charge in [-0.3, -0.25) is 9.36 Å². The van der Waals surface area contributed by atoms with Crippen LogP contribution in [0.1, 0.15) is 40.3 Å². The number of hydrogen-bond donors (Lipinski definition) is 2. The van der Waals surface area contributed by atoms with Crippen LogP contribution in [-0.4, -0.2) is 40.4 Å². The normalized spacial score (nSPS) is 22.2. The van der Waals surface area contributed by atoms with Gasteiger partial charge < -0.3 is 24.3 Å². The minimum Gasteiger partial charge on any atom is -0.462 e. The minimum atomic E-state index is -1.67. The van der Waals surface area contributed by atoms with Gasteiger partial charge in [-0.25, -0.2) is 9.88 Å². The molecule has 1 aliphatic heterocycles. The molecular formula is C22H31N4O6P. The van der Waals surface area contributed by atoms with E-state index < -0.39 is 32.5 Å². The molecule has 3 N–H and O–H groups in total. The van der Waals surface area contributed by atoms with Crippen LogP contribution < -0.4 is 21.0 Å². The molecule has 4 unspecified atom stereocenters. The Balaban J connectivity index is 1.63. The lowest BCUT2D eigenvalue weighted by molar-refractivity contribution is -0.149. The molecule has 0 spiro atoms. The zero-order chi connectivity index (χ0) is 24.0. The second-order valence-corrected chi connectivity index (χ2v) is 9.41. The first kappa shape index (κ1) is 25.1. The van der Waals surface area contributed by atoms with Crippen molar-refractivity contribution in [2.24, 2.45) is 5.92 Å². The first-order chi connectivity index (χ1) is 15.7. The molecule has 2 aromatic rings. The van der Waals surface area contributed by atoms with E-state index in [0.29, 0.717) is 12.2 Å². The second kappa shape index (κ2) is 11.6. The molecule has 0 bridgehead atoms. The van der Waals surface area contributed by atoms with Gasteiger partial charge >= 0.3 is 20.2 Å². The van der Waals surface area contributed by atoms with Gasteiger partial charge in [0, 0.05) is 12.1 Å². The van der Waals surface area contributed by atoms with E-state index in [4.69, 9.17) is 24.3 Å². The van der Waals surface area contributed by atoms with Crippen LogP contribution in [0.15, 0.2) is 47.4 Å². The monoisotopic (exact) mass is 478 g/mol. The minimum absolute atomic E-state index is 0.0656. The largest absolute Gasteiger partial charge is 0.462 e. The number of nitrogens with zero attached hydrogens (tertiary/aromatic N) is 2. The summed E-state index contributed by atoms with van der Waals surface area (Å²) < 4.78 is 24.8. The molecule has 10 nitrogen and oxygen atoms in total. The number of carbonyl (C=O) groups is 1. The van der Waals surface area contributed by atoms with Crippen molar-refractivity contribution >= 4 is 20.3 Å². The average Bonchev–Trinajstić information content (AvgIpc) is 3.12. The van der Waals surface area contributed by atoms with Crippen LogP contribution in [0, 0.1) is 5.92 Å². The Hall–Kier alpha value is -2.52. The Morgan fingerprint density at radius 3 is 2.70 bits per heavy atom. The van der Waals surface area contributed by atoms with Crippen LogP contribution in [0.4, 0.5) is 5.82 Å². The van der Waals surface area contributed by atoms with Crippen LogP contribution in [0.25, 0.3) is 0 Å². The summed E-state index contributed by atoms with van der Waals surface area (Å²) in [6, 6.07) is 10.1. The molecule has 0 radical (unpaired) electrons. The van der Waals surface area contributed by atoms with Crippen LogP contribution in [-0.2, 0) is 18.8 Å². The maximum absolute atomic E-state index is 12.2. The fraction of sp³-hybridized carbons (Fsp3) is 0.500. The van der Waals surface area contributed by atoms with E-state index in [2.05, 4.69) is 10.1 Å². The van der Waals surface area contributed by atoms with Crippen LogP contribution in [0.2, 0.25) is 0 Å².